The van der Waals surface area contributed by atoms with Gasteiger partial charge >= 0.3 is 0 Å². The maximum Gasteiger partial charge on any atom is 0.162 e. The van der Waals surface area contributed by atoms with Crippen LogP contribution in [-0.2, 0) is 6.54 Å². The van der Waals surface area contributed by atoms with Crippen LogP contribution in [-0.4, -0.2) is 34.8 Å². The molecule has 2 aliphatic rings. The van der Waals surface area contributed by atoms with Crippen molar-refractivity contribution < 1.29 is 13.5 Å². The van der Waals surface area contributed by atoms with Gasteiger partial charge in [0.2, 0.25) is 0 Å². The summed E-state index contributed by atoms with van der Waals surface area (Å²) < 4.78 is 32.4. The van der Waals surface area contributed by atoms with Crippen molar-refractivity contribution in [1.82, 2.24) is 15.1 Å². The quantitative estimate of drug-likeness (QED) is 0.704. The van der Waals surface area contributed by atoms with Crippen LogP contribution >= 0.6 is 0 Å². The summed E-state index contributed by atoms with van der Waals surface area (Å²) in [6, 6.07) is 10.2. The first kappa shape index (κ1) is 17.6. The van der Waals surface area contributed by atoms with Crippen molar-refractivity contribution in [3.8, 4) is 5.75 Å². The summed E-state index contributed by atoms with van der Waals surface area (Å²) in [4.78, 5) is 2.50. The number of fused-ring (bicyclic) bond motifs is 1. The Balaban J connectivity index is 1.26. The summed E-state index contributed by atoms with van der Waals surface area (Å²) in [6.45, 7) is 3.49. The van der Waals surface area contributed by atoms with Crippen molar-refractivity contribution in [2.75, 3.05) is 19.7 Å². The molecular formula is C22H23F2N3O. The average molecular weight is 383 g/mol. The van der Waals surface area contributed by atoms with Crippen molar-refractivity contribution >= 4 is 10.9 Å². The molecule has 1 unspecified atom stereocenters. The molecule has 1 spiro atoms. The highest BCUT2D eigenvalue weighted by atomic mass is 19.2. The molecule has 5 rings (SSSR count). The van der Waals surface area contributed by atoms with Gasteiger partial charge in [0, 0.05) is 37.0 Å². The van der Waals surface area contributed by atoms with E-state index in [0.717, 1.165) is 42.7 Å². The number of aromatic amines is 1. The number of nitrogens with one attached hydrogen (secondary N) is 1. The Bertz CT molecular complexity index is 998. The van der Waals surface area contributed by atoms with E-state index in [0.29, 0.717) is 23.7 Å². The first-order valence-electron chi connectivity index (χ1n) is 9.84. The molecule has 0 amide bonds. The van der Waals surface area contributed by atoms with Crippen LogP contribution < -0.4 is 4.74 Å². The number of aromatic nitrogens is 2. The summed E-state index contributed by atoms with van der Waals surface area (Å²) in [5, 5.41) is 8.21. The van der Waals surface area contributed by atoms with Crippen molar-refractivity contribution in [2.24, 2.45) is 11.3 Å². The number of H-pyrrole nitrogens is 1. The zero-order valence-corrected chi connectivity index (χ0v) is 15.6. The Labute approximate surface area is 162 Å². The third kappa shape index (κ3) is 3.15. The largest absolute Gasteiger partial charge is 0.493 e. The third-order valence-corrected chi connectivity index (χ3v) is 6.49. The van der Waals surface area contributed by atoms with Crippen molar-refractivity contribution in [3.63, 3.8) is 0 Å². The fraction of sp³-hybridized carbons (Fsp3) is 0.409. The van der Waals surface area contributed by atoms with Crippen LogP contribution in [0.15, 0.2) is 42.6 Å². The predicted octanol–water partition coefficient (Wildman–Crippen LogP) is 4.52. The lowest BCUT2D eigenvalue weighted by Crippen LogP contribution is -2.39. The fourth-order valence-corrected chi connectivity index (χ4v) is 4.80. The van der Waals surface area contributed by atoms with E-state index in [2.05, 4.69) is 33.3 Å². The topological polar surface area (TPSA) is 41.1 Å². The van der Waals surface area contributed by atoms with Crippen molar-refractivity contribution in [1.29, 1.82) is 0 Å². The smallest absolute Gasteiger partial charge is 0.162 e. The molecule has 6 heteroatoms. The van der Waals surface area contributed by atoms with Crippen LogP contribution in [0.3, 0.4) is 0 Å². The highest BCUT2D eigenvalue weighted by Crippen LogP contribution is 2.52. The normalized spacial score (nSPS) is 21.3. The lowest BCUT2D eigenvalue weighted by atomic mass is 9.63. The number of hydrogen-bond acceptors (Lipinski definition) is 3. The van der Waals surface area contributed by atoms with Gasteiger partial charge in [0.15, 0.2) is 11.6 Å². The van der Waals surface area contributed by atoms with E-state index in [1.165, 1.54) is 30.9 Å². The number of likely N-dealkylation sites (tertiary alicyclic amines) is 1. The molecule has 1 aliphatic heterocycles. The molecule has 1 saturated carbocycles. The van der Waals surface area contributed by atoms with Gasteiger partial charge in [0.1, 0.15) is 5.75 Å². The standard InChI is InChI=1S/C22H23F2N3O/c23-19-4-3-18(9-20(19)24)28-13-17-12-27(14-22(17)6-1-7-22)11-15-2-5-21-16(8-15)10-25-26-21/h2-5,8-10,17H,1,6-7,11-14H2,(H,25,26). The second-order valence-corrected chi connectivity index (χ2v) is 8.26. The highest BCUT2D eigenvalue weighted by molar-refractivity contribution is 5.78. The van der Waals surface area contributed by atoms with Gasteiger partial charge in [-0.1, -0.05) is 12.5 Å². The lowest BCUT2D eigenvalue weighted by molar-refractivity contribution is 0.0607. The van der Waals surface area contributed by atoms with Crippen LogP contribution in [0.25, 0.3) is 10.9 Å². The number of rotatable bonds is 5. The summed E-state index contributed by atoms with van der Waals surface area (Å²) in [5.74, 6) is -0.896. The maximum atomic E-state index is 13.4. The molecule has 1 aliphatic carbocycles. The van der Waals surface area contributed by atoms with Crippen LogP contribution in [0, 0.1) is 23.0 Å². The van der Waals surface area contributed by atoms with E-state index in [1.54, 1.807) is 0 Å². The van der Waals surface area contributed by atoms with Gasteiger partial charge < -0.3 is 4.74 Å². The second kappa shape index (κ2) is 6.85. The Morgan fingerprint density at radius 2 is 2.04 bits per heavy atom. The maximum absolute atomic E-state index is 13.4. The monoisotopic (exact) mass is 383 g/mol. The van der Waals surface area contributed by atoms with Gasteiger partial charge in [-0.15, -0.1) is 0 Å². The first-order valence-corrected chi connectivity index (χ1v) is 9.84. The third-order valence-electron chi connectivity index (χ3n) is 6.49. The number of halogens is 2. The molecule has 1 aromatic heterocycles. The molecule has 1 N–H and O–H groups in total. The minimum Gasteiger partial charge on any atom is -0.493 e. The van der Waals surface area contributed by atoms with E-state index < -0.39 is 11.6 Å². The molecule has 1 atom stereocenters. The molecule has 1 saturated heterocycles. The number of hydrogen-bond donors (Lipinski definition) is 1. The van der Waals surface area contributed by atoms with Gasteiger partial charge in [0.25, 0.3) is 0 Å². The van der Waals surface area contributed by atoms with Crippen LogP contribution in [0.1, 0.15) is 24.8 Å². The van der Waals surface area contributed by atoms with E-state index in [9.17, 15) is 8.78 Å². The molecule has 2 heterocycles. The summed E-state index contributed by atoms with van der Waals surface area (Å²) in [5.41, 5.74) is 2.64. The minimum atomic E-state index is -0.862. The summed E-state index contributed by atoms with van der Waals surface area (Å²) in [6.07, 6.45) is 5.55. The van der Waals surface area contributed by atoms with Crippen molar-refractivity contribution in [3.05, 3.63) is 59.8 Å². The minimum absolute atomic E-state index is 0.304. The molecule has 28 heavy (non-hydrogen) atoms. The Morgan fingerprint density at radius 1 is 1.14 bits per heavy atom. The van der Waals surface area contributed by atoms with E-state index in [1.807, 2.05) is 6.20 Å². The molecule has 2 fully saturated rings. The SMILES string of the molecule is Fc1ccc(OCC2CN(Cc3ccc4[nH]ncc4c3)CC23CCC3)cc1F. The van der Waals surface area contributed by atoms with E-state index in [4.69, 9.17) is 4.74 Å². The second-order valence-electron chi connectivity index (χ2n) is 8.26. The van der Waals surface area contributed by atoms with Gasteiger partial charge in [0.05, 0.1) is 18.3 Å². The Hall–Kier alpha value is -2.47. The molecule has 3 aromatic rings. The van der Waals surface area contributed by atoms with Crippen molar-refractivity contribution in [2.45, 2.75) is 25.8 Å². The van der Waals surface area contributed by atoms with E-state index in [-0.39, 0.29) is 0 Å². The molecule has 146 valence electrons. The highest BCUT2D eigenvalue weighted by Gasteiger charge is 2.50. The molecule has 0 bridgehead atoms. The Kier molecular flexibility index (Phi) is 4.31. The molecule has 2 aromatic carbocycles. The number of nitrogens with zero attached hydrogens (tertiary/aromatic N) is 2. The lowest BCUT2D eigenvalue weighted by Gasteiger charge is -2.42. The number of benzene rings is 2. The molecule has 4 nitrogen and oxygen atoms in total. The summed E-state index contributed by atoms with van der Waals surface area (Å²) >= 11 is 0. The zero-order chi connectivity index (χ0) is 19.1. The average Bonchev–Trinajstić information content (AvgIpc) is 3.26. The van der Waals surface area contributed by atoms with Gasteiger partial charge in [-0.3, -0.25) is 10.00 Å². The molecule has 0 radical (unpaired) electrons. The van der Waals surface area contributed by atoms with E-state index >= 15 is 0 Å². The van der Waals surface area contributed by atoms with Gasteiger partial charge in [-0.2, -0.15) is 5.10 Å². The fourth-order valence-electron chi connectivity index (χ4n) is 4.80. The van der Waals surface area contributed by atoms with Gasteiger partial charge in [-0.25, -0.2) is 8.78 Å². The predicted molar refractivity (Wildman–Crippen MR) is 103 cm³/mol. The Morgan fingerprint density at radius 3 is 2.82 bits per heavy atom. The number of ether oxygens (including phenoxy) is 1. The van der Waals surface area contributed by atoms with Crippen LogP contribution in [0.4, 0.5) is 8.78 Å². The van der Waals surface area contributed by atoms with Crippen LogP contribution in [0.2, 0.25) is 0 Å². The van der Waals surface area contributed by atoms with Gasteiger partial charge in [-0.05, 0) is 48.1 Å². The zero-order valence-electron chi connectivity index (χ0n) is 15.6. The van der Waals surface area contributed by atoms with Crippen LogP contribution in [0.5, 0.6) is 5.75 Å². The molecular weight excluding hydrogens is 360 g/mol. The first-order chi connectivity index (χ1) is 13.6. The summed E-state index contributed by atoms with van der Waals surface area (Å²) in [7, 11) is 0.